The van der Waals surface area contributed by atoms with Crippen LogP contribution in [0.3, 0.4) is 0 Å². The van der Waals surface area contributed by atoms with Crippen molar-refractivity contribution in [3.63, 3.8) is 0 Å². The summed E-state index contributed by atoms with van der Waals surface area (Å²) in [6.07, 6.45) is 1.27. The summed E-state index contributed by atoms with van der Waals surface area (Å²) in [5.41, 5.74) is 3.05. The number of fused-ring (bicyclic) bond motifs is 1. The highest BCUT2D eigenvalue weighted by molar-refractivity contribution is 7.16. The van der Waals surface area contributed by atoms with Crippen LogP contribution in [0.2, 0.25) is 0 Å². The molecule has 0 radical (unpaired) electrons. The number of esters is 1. The molecule has 1 aromatic heterocycles. The molecule has 2 heterocycles. The maximum atomic E-state index is 12.3. The average Bonchev–Trinajstić information content (AvgIpc) is 2.92. The van der Waals surface area contributed by atoms with Crippen molar-refractivity contribution in [2.24, 2.45) is 4.99 Å². The number of nitrogens with zero attached hydrogens (tertiary/aromatic N) is 2. The van der Waals surface area contributed by atoms with Crippen LogP contribution in [0, 0.1) is 13.8 Å². The average molecular weight is 362 g/mol. The number of methoxy groups -OCH3 is 1. The third kappa shape index (κ3) is 3.58. The number of hydrogen-bond donors (Lipinski definition) is 0. The minimum atomic E-state index is -0.543. The first kappa shape index (κ1) is 17.2. The van der Waals surface area contributed by atoms with Crippen LogP contribution in [0.15, 0.2) is 29.1 Å². The van der Waals surface area contributed by atoms with Gasteiger partial charge in [0.1, 0.15) is 26.0 Å². The topological polar surface area (TPSA) is 79.1 Å². The van der Waals surface area contributed by atoms with Crippen LogP contribution in [-0.4, -0.2) is 36.8 Å². The summed E-state index contributed by atoms with van der Waals surface area (Å²) in [6, 6.07) is 4.00. The lowest BCUT2D eigenvalue weighted by molar-refractivity contribution is -0.141. The number of hydrogen-bond acceptors (Lipinski definition) is 6. The molecule has 0 bridgehead atoms. The molecule has 0 fully saturated rings. The van der Waals surface area contributed by atoms with Gasteiger partial charge in [0.05, 0.1) is 17.3 Å². The van der Waals surface area contributed by atoms with Crippen molar-refractivity contribution < 1.29 is 23.8 Å². The molecule has 0 saturated heterocycles. The summed E-state index contributed by atoms with van der Waals surface area (Å²) in [5, 5.41) is 0. The minimum Gasteiger partial charge on any atom is -0.494 e. The van der Waals surface area contributed by atoms with E-state index < -0.39 is 11.9 Å². The van der Waals surface area contributed by atoms with E-state index in [1.54, 1.807) is 4.57 Å². The highest BCUT2D eigenvalue weighted by Gasteiger charge is 2.17. The molecule has 1 aromatic carbocycles. The van der Waals surface area contributed by atoms with Crippen LogP contribution in [-0.2, 0) is 30.3 Å². The summed E-state index contributed by atoms with van der Waals surface area (Å²) < 4.78 is 17.7. The SMILES string of the molecule is COC(=O)Cn1c(=NC(=O)C2=COCCO2)sc2cc(C)c(C)cc21. The van der Waals surface area contributed by atoms with E-state index in [0.717, 1.165) is 21.3 Å². The fourth-order valence-corrected chi connectivity index (χ4v) is 3.48. The molecule has 132 valence electrons. The highest BCUT2D eigenvalue weighted by Crippen LogP contribution is 2.22. The first-order valence-corrected chi connectivity index (χ1v) is 8.52. The van der Waals surface area contributed by atoms with Gasteiger partial charge in [-0.3, -0.25) is 9.59 Å². The van der Waals surface area contributed by atoms with Crippen molar-refractivity contribution in [3.8, 4) is 0 Å². The Hall–Kier alpha value is -2.61. The molecular weight excluding hydrogens is 344 g/mol. The molecule has 1 aliphatic rings. The number of thiazole rings is 1. The van der Waals surface area contributed by atoms with Gasteiger partial charge < -0.3 is 18.8 Å². The van der Waals surface area contributed by atoms with E-state index in [1.165, 1.54) is 24.7 Å². The Balaban J connectivity index is 2.13. The number of aromatic nitrogens is 1. The molecule has 0 saturated carbocycles. The van der Waals surface area contributed by atoms with Crippen molar-refractivity contribution >= 4 is 33.4 Å². The zero-order valence-electron chi connectivity index (χ0n) is 14.2. The van der Waals surface area contributed by atoms with Crippen LogP contribution in [0.4, 0.5) is 0 Å². The molecule has 25 heavy (non-hydrogen) atoms. The molecule has 0 unspecified atom stereocenters. The van der Waals surface area contributed by atoms with Crippen molar-refractivity contribution in [2.45, 2.75) is 20.4 Å². The van der Waals surface area contributed by atoms with Crippen molar-refractivity contribution in [3.05, 3.63) is 40.1 Å². The van der Waals surface area contributed by atoms with Crippen LogP contribution >= 0.6 is 11.3 Å². The Kier molecular flexibility index (Phi) is 4.89. The Labute approximate surface area is 148 Å². The monoisotopic (exact) mass is 362 g/mol. The van der Waals surface area contributed by atoms with Gasteiger partial charge >= 0.3 is 11.9 Å². The number of aryl methyl sites for hydroxylation is 2. The third-order valence-electron chi connectivity index (χ3n) is 3.87. The first-order valence-electron chi connectivity index (χ1n) is 7.70. The largest absolute Gasteiger partial charge is 0.494 e. The summed E-state index contributed by atoms with van der Waals surface area (Å²) in [5.74, 6) is -0.901. The Morgan fingerprint density at radius 1 is 1.28 bits per heavy atom. The second kappa shape index (κ2) is 7.10. The van der Waals surface area contributed by atoms with Crippen LogP contribution in [0.25, 0.3) is 10.2 Å². The molecule has 0 aliphatic carbocycles. The Morgan fingerprint density at radius 2 is 2.04 bits per heavy atom. The van der Waals surface area contributed by atoms with E-state index in [9.17, 15) is 9.59 Å². The summed E-state index contributed by atoms with van der Waals surface area (Å²) in [4.78, 5) is 28.7. The van der Waals surface area contributed by atoms with Gasteiger partial charge in [-0.05, 0) is 37.1 Å². The van der Waals surface area contributed by atoms with Crippen molar-refractivity contribution in [1.29, 1.82) is 0 Å². The second-order valence-corrected chi connectivity index (χ2v) is 6.58. The van der Waals surface area contributed by atoms with E-state index in [0.29, 0.717) is 18.0 Å². The molecule has 2 aromatic rings. The molecule has 1 aliphatic heterocycles. The molecular formula is C17H18N2O5S. The molecule has 0 atom stereocenters. The quantitative estimate of drug-likeness (QED) is 0.778. The third-order valence-corrected chi connectivity index (χ3v) is 4.91. The van der Waals surface area contributed by atoms with Gasteiger partial charge in [0.25, 0.3) is 0 Å². The van der Waals surface area contributed by atoms with Gasteiger partial charge in [0.15, 0.2) is 4.80 Å². The minimum absolute atomic E-state index is 0.0263. The Bertz CT molecular complexity index is 938. The molecule has 3 rings (SSSR count). The van der Waals surface area contributed by atoms with Crippen LogP contribution in [0.1, 0.15) is 11.1 Å². The van der Waals surface area contributed by atoms with Crippen molar-refractivity contribution in [2.75, 3.05) is 20.3 Å². The van der Waals surface area contributed by atoms with Gasteiger partial charge in [-0.2, -0.15) is 4.99 Å². The van der Waals surface area contributed by atoms with E-state index in [2.05, 4.69) is 4.99 Å². The number of rotatable bonds is 3. The van der Waals surface area contributed by atoms with Gasteiger partial charge in [-0.1, -0.05) is 11.3 Å². The lowest BCUT2D eigenvalue weighted by Crippen LogP contribution is -2.23. The standard InChI is InChI=1S/C17H18N2O5S/c1-10-6-12-14(7-11(10)2)25-17(19(12)8-15(20)22-3)18-16(21)13-9-23-4-5-24-13/h6-7,9H,4-5,8H2,1-3H3. The van der Waals surface area contributed by atoms with Crippen molar-refractivity contribution in [1.82, 2.24) is 4.57 Å². The summed E-state index contributed by atoms with van der Waals surface area (Å²) >= 11 is 1.34. The van der Waals surface area contributed by atoms with E-state index >= 15 is 0 Å². The van der Waals surface area contributed by atoms with Crippen LogP contribution in [0.5, 0.6) is 0 Å². The summed E-state index contributed by atoms with van der Waals surface area (Å²) in [7, 11) is 1.33. The van der Waals surface area contributed by atoms with Gasteiger partial charge in [0.2, 0.25) is 5.76 Å². The van der Waals surface area contributed by atoms with Gasteiger partial charge in [0, 0.05) is 0 Å². The predicted molar refractivity (Wildman–Crippen MR) is 91.9 cm³/mol. The summed E-state index contributed by atoms with van der Waals surface area (Å²) in [6.45, 7) is 4.69. The van der Waals surface area contributed by atoms with E-state index in [1.807, 2.05) is 26.0 Å². The lowest BCUT2D eigenvalue weighted by atomic mass is 10.1. The number of carbonyl (C=O) groups is 2. The fraction of sp³-hybridized carbons (Fsp3) is 0.353. The van der Waals surface area contributed by atoms with Crippen LogP contribution < -0.4 is 4.80 Å². The molecule has 0 spiro atoms. The number of amides is 1. The number of benzene rings is 1. The first-order chi connectivity index (χ1) is 12.0. The lowest BCUT2D eigenvalue weighted by Gasteiger charge is -2.12. The number of ether oxygens (including phenoxy) is 3. The molecule has 0 N–H and O–H groups in total. The highest BCUT2D eigenvalue weighted by atomic mass is 32.1. The predicted octanol–water partition coefficient (Wildman–Crippen LogP) is 1.81. The number of carbonyl (C=O) groups excluding carboxylic acids is 2. The molecule has 8 heteroatoms. The maximum absolute atomic E-state index is 12.3. The normalized spacial score (nSPS) is 14.7. The van der Waals surface area contributed by atoms with E-state index in [-0.39, 0.29) is 12.3 Å². The molecule has 7 nitrogen and oxygen atoms in total. The Morgan fingerprint density at radius 3 is 2.72 bits per heavy atom. The van der Waals surface area contributed by atoms with Gasteiger partial charge in [-0.25, -0.2) is 0 Å². The fourth-order valence-electron chi connectivity index (χ4n) is 2.38. The maximum Gasteiger partial charge on any atom is 0.325 e. The zero-order valence-corrected chi connectivity index (χ0v) is 15.0. The van der Waals surface area contributed by atoms with E-state index in [4.69, 9.17) is 14.2 Å². The molecule has 1 amide bonds. The second-order valence-electron chi connectivity index (χ2n) is 5.57. The smallest absolute Gasteiger partial charge is 0.325 e. The van der Waals surface area contributed by atoms with Gasteiger partial charge in [-0.15, -0.1) is 0 Å². The zero-order chi connectivity index (χ0) is 18.0.